The molecule has 0 saturated carbocycles. The van der Waals surface area contributed by atoms with E-state index in [1.807, 2.05) is 0 Å². The largest absolute Gasteiger partial charge is 0.293 e. The lowest BCUT2D eigenvalue weighted by atomic mass is 10.0. The molecule has 19 heavy (non-hydrogen) atoms. The zero-order valence-electron chi connectivity index (χ0n) is 11.7. The van der Waals surface area contributed by atoms with E-state index in [0.29, 0.717) is 0 Å². The Hall–Kier alpha value is -1.39. The molecule has 0 spiro atoms. The minimum atomic E-state index is -0.156. The van der Waals surface area contributed by atoms with Crippen molar-refractivity contribution in [2.75, 3.05) is 6.54 Å². The van der Waals surface area contributed by atoms with Crippen molar-refractivity contribution in [1.82, 2.24) is 10.3 Å². The maximum Gasteiger partial charge on any atom is 0.251 e. The lowest BCUT2D eigenvalue weighted by Crippen LogP contribution is -2.51. The standard InChI is InChI=1S/C15H23N3O/c1-11(2)14(15(19)17-16)18-9-5-8-12-6-3-4-7-13(12)10-18/h3-4,6-7,11,14H,5,8-10,16H2,1-2H3,(H,17,19). The maximum absolute atomic E-state index is 12.0. The number of hydrogen-bond donors (Lipinski definition) is 2. The number of rotatable bonds is 3. The van der Waals surface area contributed by atoms with Crippen molar-refractivity contribution < 1.29 is 4.79 Å². The fourth-order valence-electron chi connectivity index (χ4n) is 2.94. The number of benzene rings is 1. The van der Waals surface area contributed by atoms with Crippen molar-refractivity contribution >= 4 is 5.91 Å². The molecule has 104 valence electrons. The van der Waals surface area contributed by atoms with Gasteiger partial charge < -0.3 is 0 Å². The Bertz CT molecular complexity index is 445. The molecule has 1 aromatic carbocycles. The second kappa shape index (κ2) is 6.17. The molecule has 4 nitrogen and oxygen atoms in total. The molecule has 0 aliphatic carbocycles. The van der Waals surface area contributed by atoms with E-state index in [-0.39, 0.29) is 17.9 Å². The van der Waals surface area contributed by atoms with Gasteiger partial charge in [-0.2, -0.15) is 0 Å². The van der Waals surface area contributed by atoms with Crippen LogP contribution in [-0.2, 0) is 17.8 Å². The lowest BCUT2D eigenvalue weighted by Gasteiger charge is -2.32. The van der Waals surface area contributed by atoms with Gasteiger partial charge in [-0.05, 0) is 36.4 Å². The molecular weight excluding hydrogens is 238 g/mol. The summed E-state index contributed by atoms with van der Waals surface area (Å²) in [6.45, 7) is 5.89. The van der Waals surface area contributed by atoms with Gasteiger partial charge in [-0.3, -0.25) is 15.1 Å². The molecule has 0 aromatic heterocycles. The minimum Gasteiger partial charge on any atom is -0.293 e. The SMILES string of the molecule is CC(C)C(C(=O)NN)N1CCCc2ccccc2C1. The quantitative estimate of drug-likeness (QED) is 0.492. The van der Waals surface area contributed by atoms with E-state index in [1.54, 1.807) is 0 Å². The topological polar surface area (TPSA) is 58.4 Å². The van der Waals surface area contributed by atoms with Crippen molar-refractivity contribution in [3.8, 4) is 0 Å². The number of amides is 1. The first-order valence-electron chi connectivity index (χ1n) is 6.94. The molecular formula is C15H23N3O. The zero-order valence-corrected chi connectivity index (χ0v) is 11.7. The Morgan fingerprint density at radius 2 is 2.00 bits per heavy atom. The van der Waals surface area contributed by atoms with Crippen molar-refractivity contribution in [2.24, 2.45) is 11.8 Å². The molecule has 1 amide bonds. The van der Waals surface area contributed by atoms with Gasteiger partial charge in [0.15, 0.2) is 0 Å². The molecule has 0 fully saturated rings. The van der Waals surface area contributed by atoms with E-state index in [0.717, 1.165) is 25.9 Å². The highest BCUT2D eigenvalue weighted by Crippen LogP contribution is 2.22. The van der Waals surface area contributed by atoms with Crippen LogP contribution in [0.5, 0.6) is 0 Å². The Morgan fingerprint density at radius 1 is 1.32 bits per heavy atom. The summed E-state index contributed by atoms with van der Waals surface area (Å²) in [7, 11) is 0. The summed E-state index contributed by atoms with van der Waals surface area (Å²) in [5.41, 5.74) is 5.04. The molecule has 4 heteroatoms. The summed E-state index contributed by atoms with van der Waals surface area (Å²) >= 11 is 0. The molecule has 0 bridgehead atoms. The molecule has 1 unspecified atom stereocenters. The predicted molar refractivity (Wildman–Crippen MR) is 76.1 cm³/mol. The number of aryl methyl sites for hydroxylation is 1. The summed E-state index contributed by atoms with van der Waals surface area (Å²) in [5.74, 6) is 5.48. The first-order valence-corrected chi connectivity index (χ1v) is 6.94. The van der Waals surface area contributed by atoms with E-state index in [1.165, 1.54) is 11.1 Å². The molecule has 1 atom stereocenters. The number of nitrogens with two attached hydrogens (primary N) is 1. The summed E-state index contributed by atoms with van der Waals surface area (Å²) < 4.78 is 0. The molecule has 1 aliphatic heterocycles. The first kappa shape index (κ1) is 14.0. The van der Waals surface area contributed by atoms with Gasteiger partial charge in [-0.1, -0.05) is 38.1 Å². The molecule has 3 N–H and O–H groups in total. The van der Waals surface area contributed by atoms with Gasteiger partial charge in [0.2, 0.25) is 0 Å². The second-order valence-electron chi connectivity index (χ2n) is 5.54. The van der Waals surface area contributed by atoms with Crippen LogP contribution in [0.3, 0.4) is 0 Å². The van der Waals surface area contributed by atoms with Gasteiger partial charge in [0.05, 0.1) is 6.04 Å². The van der Waals surface area contributed by atoms with Crippen LogP contribution in [0.2, 0.25) is 0 Å². The van der Waals surface area contributed by atoms with Crippen LogP contribution in [-0.4, -0.2) is 23.4 Å². The van der Waals surface area contributed by atoms with Crippen LogP contribution in [0.1, 0.15) is 31.4 Å². The highest BCUT2D eigenvalue weighted by molar-refractivity contribution is 5.81. The fraction of sp³-hybridized carbons (Fsp3) is 0.533. The number of hydrazine groups is 1. The summed E-state index contributed by atoms with van der Waals surface area (Å²) in [6, 6.07) is 8.34. The van der Waals surface area contributed by atoms with E-state index >= 15 is 0 Å². The summed E-state index contributed by atoms with van der Waals surface area (Å²) in [6.07, 6.45) is 2.17. The predicted octanol–water partition coefficient (Wildman–Crippen LogP) is 1.45. The number of nitrogens with one attached hydrogen (secondary N) is 1. The van der Waals surface area contributed by atoms with E-state index in [9.17, 15) is 4.79 Å². The highest BCUT2D eigenvalue weighted by Gasteiger charge is 2.29. The zero-order chi connectivity index (χ0) is 13.8. The third-order valence-electron chi connectivity index (χ3n) is 3.82. The van der Waals surface area contributed by atoms with Crippen molar-refractivity contribution in [2.45, 2.75) is 39.3 Å². The van der Waals surface area contributed by atoms with Gasteiger partial charge in [-0.25, -0.2) is 5.84 Å². The number of fused-ring (bicyclic) bond motifs is 1. The Labute approximate surface area is 114 Å². The number of carbonyl (C=O) groups is 1. The van der Waals surface area contributed by atoms with Crippen LogP contribution >= 0.6 is 0 Å². The lowest BCUT2D eigenvalue weighted by molar-refractivity contribution is -0.128. The Balaban J connectivity index is 2.23. The van der Waals surface area contributed by atoms with E-state index in [2.05, 4.69) is 48.4 Å². The Morgan fingerprint density at radius 3 is 2.63 bits per heavy atom. The average molecular weight is 261 g/mol. The van der Waals surface area contributed by atoms with Crippen LogP contribution in [0, 0.1) is 5.92 Å². The normalized spacial score (nSPS) is 17.7. The molecule has 1 aliphatic rings. The third kappa shape index (κ3) is 3.14. The fourth-order valence-corrected chi connectivity index (χ4v) is 2.94. The van der Waals surface area contributed by atoms with E-state index in [4.69, 9.17) is 5.84 Å². The molecule has 1 aromatic rings. The van der Waals surface area contributed by atoms with Gasteiger partial charge >= 0.3 is 0 Å². The van der Waals surface area contributed by atoms with Crippen LogP contribution in [0.25, 0.3) is 0 Å². The Kier molecular flexibility index (Phi) is 4.56. The van der Waals surface area contributed by atoms with Crippen LogP contribution in [0.4, 0.5) is 0 Å². The highest BCUT2D eigenvalue weighted by atomic mass is 16.2. The summed E-state index contributed by atoms with van der Waals surface area (Å²) in [4.78, 5) is 14.2. The monoisotopic (exact) mass is 261 g/mol. The van der Waals surface area contributed by atoms with Crippen LogP contribution in [0.15, 0.2) is 24.3 Å². The van der Waals surface area contributed by atoms with Gasteiger partial charge in [0.25, 0.3) is 5.91 Å². The average Bonchev–Trinajstić information content (AvgIpc) is 2.60. The van der Waals surface area contributed by atoms with Crippen molar-refractivity contribution in [3.05, 3.63) is 35.4 Å². The molecule has 1 heterocycles. The van der Waals surface area contributed by atoms with Crippen LogP contribution < -0.4 is 11.3 Å². The van der Waals surface area contributed by atoms with E-state index < -0.39 is 0 Å². The van der Waals surface area contributed by atoms with Crippen molar-refractivity contribution in [3.63, 3.8) is 0 Å². The van der Waals surface area contributed by atoms with Gasteiger partial charge in [0, 0.05) is 6.54 Å². The number of hydrogen-bond acceptors (Lipinski definition) is 3. The minimum absolute atomic E-state index is 0.0885. The van der Waals surface area contributed by atoms with Gasteiger partial charge in [0.1, 0.15) is 0 Å². The second-order valence-corrected chi connectivity index (χ2v) is 5.54. The molecule has 2 rings (SSSR count). The number of nitrogens with zero attached hydrogens (tertiary/aromatic N) is 1. The van der Waals surface area contributed by atoms with Gasteiger partial charge in [-0.15, -0.1) is 0 Å². The molecule has 0 saturated heterocycles. The van der Waals surface area contributed by atoms with Crippen molar-refractivity contribution in [1.29, 1.82) is 0 Å². The third-order valence-corrected chi connectivity index (χ3v) is 3.82. The maximum atomic E-state index is 12.0. The molecule has 0 radical (unpaired) electrons. The number of carbonyl (C=O) groups excluding carboxylic acids is 1. The first-order chi connectivity index (χ1) is 9.13. The smallest absolute Gasteiger partial charge is 0.251 e. The summed E-state index contributed by atoms with van der Waals surface area (Å²) in [5, 5.41) is 0.